The normalized spacial score (nSPS) is 16.0. The fourth-order valence-electron chi connectivity index (χ4n) is 4.71. The number of aromatic nitrogens is 2. The number of halogens is 1. The maximum atomic E-state index is 13.7. The van der Waals surface area contributed by atoms with E-state index in [1.165, 1.54) is 17.7 Å². The number of carboxylic acid groups (broad SMARTS) is 1. The first kappa shape index (κ1) is 26.9. The summed E-state index contributed by atoms with van der Waals surface area (Å²) in [6.07, 6.45) is 0.661. The first-order chi connectivity index (χ1) is 18.1. The number of hydrogen-bond donors (Lipinski definition) is 2. The number of anilines is 1. The third kappa shape index (κ3) is 5.42. The molecule has 2 heterocycles. The van der Waals surface area contributed by atoms with E-state index in [1.807, 2.05) is 6.92 Å². The second-order valence-electron chi connectivity index (χ2n) is 9.11. The maximum absolute atomic E-state index is 13.7. The standard InChI is InChI=1S/C26H27ClN4O7/c1-3-14(15-4-6-19(25(34)35)20(28)10-15)11-23(32)31-13-22-29-38-26(36)30(22)12-17(24(31)33)8-16-9-18(27)5-7-21(16)37-2/h4-7,9-10,14,17H,3,8,11-13,28H2,1-2H3,(H,34,35)/t14-,17?/m0/s1. The van der Waals surface area contributed by atoms with E-state index in [1.54, 1.807) is 30.3 Å². The predicted molar refractivity (Wildman–Crippen MR) is 137 cm³/mol. The number of amides is 2. The van der Waals surface area contributed by atoms with Crippen molar-refractivity contribution in [2.24, 2.45) is 5.92 Å². The molecule has 0 saturated carbocycles. The van der Waals surface area contributed by atoms with Crippen molar-refractivity contribution in [2.45, 2.75) is 45.2 Å². The minimum absolute atomic E-state index is 0.0269. The molecule has 0 fully saturated rings. The second kappa shape index (κ2) is 11.1. The Hall–Kier alpha value is -4.12. The molecule has 1 aliphatic heterocycles. The molecule has 3 aromatic rings. The summed E-state index contributed by atoms with van der Waals surface area (Å²) in [7, 11) is 1.50. The van der Waals surface area contributed by atoms with Gasteiger partial charge in [0.25, 0.3) is 0 Å². The Bertz CT molecular complexity index is 1450. The largest absolute Gasteiger partial charge is 0.496 e. The Morgan fingerprint density at radius 3 is 2.68 bits per heavy atom. The molecule has 200 valence electrons. The van der Waals surface area contributed by atoms with E-state index in [0.29, 0.717) is 28.3 Å². The highest BCUT2D eigenvalue weighted by Crippen LogP contribution is 2.31. The van der Waals surface area contributed by atoms with E-state index in [2.05, 4.69) is 5.16 Å². The fourth-order valence-corrected chi connectivity index (χ4v) is 4.91. The van der Waals surface area contributed by atoms with Crippen molar-refractivity contribution in [3.05, 3.63) is 74.5 Å². The van der Waals surface area contributed by atoms with E-state index >= 15 is 0 Å². The lowest BCUT2D eigenvalue weighted by Gasteiger charge is -2.25. The van der Waals surface area contributed by atoms with Gasteiger partial charge in [0.15, 0.2) is 5.82 Å². The van der Waals surface area contributed by atoms with Gasteiger partial charge in [0.1, 0.15) is 5.75 Å². The van der Waals surface area contributed by atoms with Gasteiger partial charge in [-0.05, 0) is 60.2 Å². The molecule has 11 nitrogen and oxygen atoms in total. The number of carbonyl (C=O) groups excluding carboxylic acids is 2. The summed E-state index contributed by atoms with van der Waals surface area (Å²) < 4.78 is 11.5. The first-order valence-corrected chi connectivity index (χ1v) is 12.3. The number of aromatic carboxylic acids is 1. The number of fused-ring (bicyclic) bond motifs is 1. The molecule has 12 heteroatoms. The van der Waals surface area contributed by atoms with Gasteiger partial charge in [-0.2, -0.15) is 0 Å². The minimum atomic E-state index is -1.14. The van der Waals surface area contributed by atoms with E-state index in [-0.39, 0.29) is 48.9 Å². The summed E-state index contributed by atoms with van der Waals surface area (Å²) in [4.78, 5) is 52.0. The van der Waals surface area contributed by atoms with Gasteiger partial charge in [-0.1, -0.05) is 29.7 Å². The van der Waals surface area contributed by atoms with E-state index < -0.39 is 29.5 Å². The molecule has 0 bridgehead atoms. The van der Waals surface area contributed by atoms with Crippen LogP contribution >= 0.6 is 11.6 Å². The van der Waals surface area contributed by atoms with Gasteiger partial charge >= 0.3 is 11.7 Å². The summed E-state index contributed by atoms with van der Waals surface area (Å²) in [5.41, 5.74) is 7.31. The zero-order valence-corrected chi connectivity index (χ0v) is 21.6. The number of methoxy groups -OCH3 is 1. The van der Waals surface area contributed by atoms with Gasteiger partial charge in [-0.15, -0.1) is 0 Å². The highest BCUT2D eigenvalue weighted by atomic mass is 35.5. The average Bonchev–Trinajstić information content (AvgIpc) is 3.15. The van der Waals surface area contributed by atoms with Crippen molar-refractivity contribution in [1.29, 1.82) is 0 Å². The summed E-state index contributed by atoms with van der Waals surface area (Å²) in [6.45, 7) is 1.64. The topological polar surface area (TPSA) is 158 Å². The smallest absolute Gasteiger partial charge is 0.441 e. The van der Waals surface area contributed by atoms with Crippen LogP contribution in [0.4, 0.5) is 5.69 Å². The molecule has 0 saturated heterocycles. The molecular formula is C26H27ClN4O7. The molecule has 0 aliphatic carbocycles. The number of nitrogen functional groups attached to an aromatic ring is 1. The lowest BCUT2D eigenvalue weighted by Crippen LogP contribution is -2.41. The SMILES string of the molecule is CC[C@@H](CC(=O)N1Cc2noc(=O)n2CC(Cc2cc(Cl)ccc2OC)C1=O)c1ccc(C(=O)O)c(N)c1. The van der Waals surface area contributed by atoms with Gasteiger partial charge in [0.05, 0.1) is 25.1 Å². The first-order valence-electron chi connectivity index (χ1n) is 12.0. The second-order valence-corrected chi connectivity index (χ2v) is 9.55. The van der Waals surface area contributed by atoms with Crippen molar-refractivity contribution in [1.82, 2.24) is 14.6 Å². The molecular weight excluding hydrogens is 516 g/mol. The van der Waals surface area contributed by atoms with Crippen molar-refractivity contribution in [3.63, 3.8) is 0 Å². The molecule has 2 aromatic carbocycles. The number of carboxylic acids is 1. The van der Waals surface area contributed by atoms with Crippen LogP contribution in [0.2, 0.25) is 5.02 Å². The average molecular weight is 543 g/mol. The van der Waals surface area contributed by atoms with Crippen LogP contribution in [-0.4, -0.2) is 44.6 Å². The van der Waals surface area contributed by atoms with Crippen molar-refractivity contribution in [3.8, 4) is 5.75 Å². The number of imide groups is 1. The number of nitrogens with zero attached hydrogens (tertiary/aromatic N) is 3. The number of ether oxygens (including phenoxy) is 1. The zero-order chi connectivity index (χ0) is 27.6. The molecule has 0 radical (unpaired) electrons. The van der Waals surface area contributed by atoms with Gasteiger partial charge in [-0.3, -0.25) is 23.6 Å². The molecule has 2 atom stereocenters. The molecule has 0 spiro atoms. The van der Waals surface area contributed by atoms with Gasteiger partial charge < -0.3 is 15.6 Å². The monoisotopic (exact) mass is 542 g/mol. The highest BCUT2D eigenvalue weighted by molar-refractivity contribution is 6.30. The Balaban J connectivity index is 1.64. The van der Waals surface area contributed by atoms with Crippen LogP contribution in [0.25, 0.3) is 0 Å². The Kier molecular flexibility index (Phi) is 7.86. The quantitative estimate of drug-likeness (QED) is 0.408. The molecule has 1 aromatic heterocycles. The third-order valence-corrected chi connectivity index (χ3v) is 7.02. The van der Waals surface area contributed by atoms with Crippen LogP contribution < -0.4 is 16.2 Å². The van der Waals surface area contributed by atoms with Crippen LogP contribution in [0.15, 0.2) is 45.7 Å². The van der Waals surface area contributed by atoms with E-state index in [0.717, 1.165) is 4.90 Å². The van der Waals surface area contributed by atoms with E-state index in [9.17, 15) is 24.3 Å². The van der Waals surface area contributed by atoms with Gasteiger partial charge in [0.2, 0.25) is 11.8 Å². The lowest BCUT2D eigenvalue weighted by molar-refractivity contribution is -0.148. The molecule has 1 unspecified atom stereocenters. The molecule has 4 rings (SSSR count). The van der Waals surface area contributed by atoms with Crippen molar-refractivity contribution >= 4 is 35.1 Å². The lowest BCUT2D eigenvalue weighted by atomic mass is 9.91. The third-order valence-electron chi connectivity index (χ3n) is 6.78. The molecule has 3 N–H and O–H groups in total. The summed E-state index contributed by atoms with van der Waals surface area (Å²) in [5, 5.41) is 13.5. The van der Waals surface area contributed by atoms with Crippen LogP contribution in [0, 0.1) is 5.92 Å². The zero-order valence-electron chi connectivity index (χ0n) is 20.8. The Morgan fingerprint density at radius 1 is 1.26 bits per heavy atom. The Morgan fingerprint density at radius 2 is 2.03 bits per heavy atom. The summed E-state index contributed by atoms with van der Waals surface area (Å²) >= 11 is 6.17. The van der Waals surface area contributed by atoms with Gasteiger partial charge in [0, 0.05) is 23.7 Å². The Labute approximate surface area is 222 Å². The van der Waals surface area contributed by atoms with Crippen LogP contribution in [0.5, 0.6) is 5.75 Å². The van der Waals surface area contributed by atoms with E-state index in [4.69, 9.17) is 26.6 Å². The van der Waals surface area contributed by atoms with Crippen molar-refractivity contribution in [2.75, 3.05) is 12.8 Å². The molecule has 38 heavy (non-hydrogen) atoms. The van der Waals surface area contributed by atoms with Crippen LogP contribution in [-0.2, 0) is 29.1 Å². The van der Waals surface area contributed by atoms with Gasteiger partial charge in [-0.25, -0.2) is 9.59 Å². The molecule has 1 aliphatic rings. The number of hydrogen-bond acceptors (Lipinski definition) is 8. The number of carbonyl (C=O) groups is 3. The summed E-state index contributed by atoms with van der Waals surface area (Å²) in [5.74, 6) is -3.21. The maximum Gasteiger partial charge on any atom is 0.441 e. The number of rotatable bonds is 8. The molecule has 2 amide bonds. The predicted octanol–water partition coefficient (Wildman–Crippen LogP) is 3.09. The fraction of sp³-hybridized carbons (Fsp3) is 0.346. The summed E-state index contributed by atoms with van der Waals surface area (Å²) in [6, 6.07) is 9.59. The number of nitrogens with two attached hydrogens (primary N) is 1. The van der Waals surface area contributed by atoms with Crippen LogP contribution in [0.3, 0.4) is 0 Å². The minimum Gasteiger partial charge on any atom is -0.496 e. The van der Waals surface area contributed by atoms with Crippen LogP contribution in [0.1, 0.15) is 53.0 Å². The number of benzene rings is 2. The highest BCUT2D eigenvalue weighted by Gasteiger charge is 2.36. The van der Waals surface area contributed by atoms with Crippen molar-refractivity contribution < 1.29 is 28.8 Å².